The second-order valence-corrected chi connectivity index (χ2v) is 6.11. The predicted octanol–water partition coefficient (Wildman–Crippen LogP) is 3.82. The van der Waals surface area contributed by atoms with Crippen molar-refractivity contribution in [3.05, 3.63) is 22.8 Å². The molecule has 0 spiro atoms. The number of aromatic nitrogens is 1. The van der Waals surface area contributed by atoms with Crippen LogP contribution in [0.3, 0.4) is 0 Å². The highest BCUT2D eigenvalue weighted by atomic mass is 35.5. The highest BCUT2D eigenvalue weighted by molar-refractivity contribution is 7.98. The molecule has 0 saturated carbocycles. The number of hydrogen-bond acceptors (Lipinski definition) is 4. The molecule has 6 heteroatoms. The first-order chi connectivity index (χ1) is 10.2. The average molecular weight is 330 g/mol. The Hall–Kier alpha value is -0.940. The number of pyridine rings is 1. The zero-order valence-electron chi connectivity index (χ0n) is 12.7. The number of carbonyl (C=O) groups is 1. The molecule has 4 nitrogen and oxygen atoms in total. The van der Waals surface area contributed by atoms with Crippen molar-refractivity contribution in [2.45, 2.75) is 32.6 Å². The molecule has 0 unspecified atom stereocenters. The molecule has 21 heavy (non-hydrogen) atoms. The second-order valence-electron chi connectivity index (χ2n) is 4.72. The van der Waals surface area contributed by atoms with Crippen LogP contribution in [-0.2, 0) is 0 Å². The summed E-state index contributed by atoms with van der Waals surface area (Å²) in [6.07, 6.45) is 6.71. The zero-order chi connectivity index (χ0) is 15.5. The van der Waals surface area contributed by atoms with Crippen LogP contribution in [-0.4, -0.2) is 36.0 Å². The second kappa shape index (κ2) is 10.7. The molecule has 1 rings (SSSR count). The summed E-state index contributed by atoms with van der Waals surface area (Å²) in [5.74, 6) is 1.68. The van der Waals surface area contributed by atoms with E-state index in [0.717, 1.165) is 19.4 Å². The van der Waals surface area contributed by atoms with Crippen molar-refractivity contribution in [3.63, 3.8) is 0 Å². The summed E-state index contributed by atoms with van der Waals surface area (Å²) in [5.41, 5.74) is 0.289. The van der Waals surface area contributed by atoms with Gasteiger partial charge in [0.2, 0.25) is 0 Å². The first-order valence-electron chi connectivity index (χ1n) is 7.36. The standard InChI is InChI=1S/C15H24ClN3OS/c1-3-17-13-9-8-12(16)14(19-13)15(20)18-10-6-4-5-7-11-21-2/h8-9H,3-7,10-11H2,1-2H3,(H,17,19)(H,18,20). The molecule has 0 aliphatic carbocycles. The van der Waals surface area contributed by atoms with Gasteiger partial charge in [0.15, 0.2) is 0 Å². The lowest BCUT2D eigenvalue weighted by atomic mass is 10.2. The van der Waals surface area contributed by atoms with Crippen molar-refractivity contribution in [1.29, 1.82) is 0 Å². The molecule has 0 bridgehead atoms. The molecule has 0 fully saturated rings. The number of amides is 1. The predicted molar refractivity (Wildman–Crippen MR) is 92.6 cm³/mol. The maximum atomic E-state index is 12.1. The van der Waals surface area contributed by atoms with Gasteiger partial charge in [-0.2, -0.15) is 11.8 Å². The summed E-state index contributed by atoms with van der Waals surface area (Å²) in [5, 5.41) is 6.34. The summed E-state index contributed by atoms with van der Waals surface area (Å²) in [4.78, 5) is 16.3. The fourth-order valence-corrected chi connectivity index (χ4v) is 2.58. The molecular weight excluding hydrogens is 306 g/mol. The van der Waals surface area contributed by atoms with Gasteiger partial charge in [-0.15, -0.1) is 0 Å². The van der Waals surface area contributed by atoms with E-state index in [-0.39, 0.29) is 11.6 Å². The number of carbonyl (C=O) groups excluding carboxylic acids is 1. The summed E-state index contributed by atoms with van der Waals surface area (Å²) in [7, 11) is 0. The number of rotatable bonds is 10. The molecule has 1 aromatic rings. The van der Waals surface area contributed by atoms with E-state index in [1.807, 2.05) is 18.7 Å². The molecule has 0 aliphatic rings. The lowest BCUT2D eigenvalue weighted by Gasteiger charge is -2.08. The molecule has 0 aliphatic heterocycles. The van der Waals surface area contributed by atoms with Crippen LogP contribution in [0, 0.1) is 0 Å². The number of halogens is 1. The molecule has 0 saturated heterocycles. The van der Waals surface area contributed by atoms with E-state index in [4.69, 9.17) is 11.6 Å². The third kappa shape index (κ3) is 7.05. The summed E-state index contributed by atoms with van der Waals surface area (Å²) in [6.45, 7) is 3.40. The van der Waals surface area contributed by atoms with E-state index in [9.17, 15) is 4.79 Å². The van der Waals surface area contributed by atoms with Gasteiger partial charge in [0.25, 0.3) is 5.91 Å². The number of unbranched alkanes of at least 4 members (excludes halogenated alkanes) is 3. The van der Waals surface area contributed by atoms with Gasteiger partial charge in [0.05, 0.1) is 5.02 Å². The topological polar surface area (TPSA) is 54.0 Å². The van der Waals surface area contributed by atoms with Crippen LogP contribution < -0.4 is 10.6 Å². The smallest absolute Gasteiger partial charge is 0.271 e. The Morgan fingerprint density at radius 3 is 2.76 bits per heavy atom. The van der Waals surface area contributed by atoms with Crippen LogP contribution in [0.4, 0.5) is 5.82 Å². The van der Waals surface area contributed by atoms with Crippen molar-refractivity contribution in [2.75, 3.05) is 30.4 Å². The Labute approximate surface area is 136 Å². The number of nitrogens with zero attached hydrogens (tertiary/aromatic N) is 1. The minimum Gasteiger partial charge on any atom is -0.370 e. The monoisotopic (exact) mass is 329 g/mol. The SMILES string of the molecule is CCNc1ccc(Cl)c(C(=O)NCCCCCCSC)n1. The third-order valence-corrected chi connectivity index (χ3v) is 3.98. The van der Waals surface area contributed by atoms with E-state index in [1.54, 1.807) is 12.1 Å². The molecule has 1 amide bonds. The maximum Gasteiger partial charge on any atom is 0.271 e. The van der Waals surface area contributed by atoms with Crippen LogP contribution in [0.1, 0.15) is 43.1 Å². The van der Waals surface area contributed by atoms with Gasteiger partial charge in [-0.3, -0.25) is 4.79 Å². The Morgan fingerprint density at radius 1 is 1.29 bits per heavy atom. The van der Waals surface area contributed by atoms with Crippen LogP contribution in [0.25, 0.3) is 0 Å². The number of hydrogen-bond donors (Lipinski definition) is 2. The molecule has 1 heterocycles. The van der Waals surface area contributed by atoms with Gasteiger partial charge >= 0.3 is 0 Å². The van der Waals surface area contributed by atoms with Crippen molar-refractivity contribution in [3.8, 4) is 0 Å². The van der Waals surface area contributed by atoms with E-state index in [1.165, 1.54) is 18.6 Å². The van der Waals surface area contributed by atoms with Gasteiger partial charge in [-0.1, -0.05) is 24.4 Å². The minimum absolute atomic E-state index is 0.205. The fourth-order valence-electron chi connectivity index (χ4n) is 1.89. The van der Waals surface area contributed by atoms with Crippen LogP contribution in [0.2, 0.25) is 5.02 Å². The van der Waals surface area contributed by atoms with Crippen LogP contribution in [0.15, 0.2) is 12.1 Å². The van der Waals surface area contributed by atoms with Gasteiger partial charge < -0.3 is 10.6 Å². The summed E-state index contributed by atoms with van der Waals surface area (Å²) >= 11 is 7.91. The molecule has 0 radical (unpaired) electrons. The van der Waals surface area contributed by atoms with Gasteiger partial charge in [-0.25, -0.2) is 4.98 Å². The lowest BCUT2D eigenvalue weighted by molar-refractivity contribution is 0.0948. The van der Waals surface area contributed by atoms with Crippen LogP contribution >= 0.6 is 23.4 Å². The van der Waals surface area contributed by atoms with E-state index in [2.05, 4.69) is 21.9 Å². The average Bonchev–Trinajstić information content (AvgIpc) is 2.48. The molecular formula is C15H24ClN3OS. The van der Waals surface area contributed by atoms with E-state index < -0.39 is 0 Å². The van der Waals surface area contributed by atoms with Gasteiger partial charge in [-0.05, 0) is 43.9 Å². The third-order valence-electron chi connectivity index (χ3n) is 2.98. The number of anilines is 1. The molecule has 1 aromatic heterocycles. The number of nitrogens with one attached hydrogen (secondary N) is 2. The normalized spacial score (nSPS) is 10.4. The minimum atomic E-state index is -0.205. The highest BCUT2D eigenvalue weighted by Gasteiger charge is 2.12. The van der Waals surface area contributed by atoms with Gasteiger partial charge in [0.1, 0.15) is 11.5 Å². The highest BCUT2D eigenvalue weighted by Crippen LogP contribution is 2.16. The fraction of sp³-hybridized carbons (Fsp3) is 0.600. The van der Waals surface area contributed by atoms with E-state index in [0.29, 0.717) is 17.4 Å². The largest absolute Gasteiger partial charge is 0.370 e. The quantitative estimate of drug-likeness (QED) is 0.641. The van der Waals surface area contributed by atoms with Crippen molar-refractivity contribution in [1.82, 2.24) is 10.3 Å². The Balaban J connectivity index is 2.36. The first kappa shape index (κ1) is 18.1. The van der Waals surface area contributed by atoms with E-state index >= 15 is 0 Å². The number of thioether (sulfide) groups is 1. The molecule has 0 aromatic carbocycles. The molecule has 2 N–H and O–H groups in total. The lowest BCUT2D eigenvalue weighted by Crippen LogP contribution is -2.26. The first-order valence-corrected chi connectivity index (χ1v) is 9.13. The van der Waals surface area contributed by atoms with Crippen molar-refractivity contribution in [2.24, 2.45) is 0 Å². The maximum absolute atomic E-state index is 12.1. The summed E-state index contributed by atoms with van der Waals surface area (Å²) in [6, 6.07) is 3.47. The zero-order valence-corrected chi connectivity index (χ0v) is 14.3. The van der Waals surface area contributed by atoms with Gasteiger partial charge in [0, 0.05) is 13.1 Å². The van der Waals surface area contributed by atoms with Crippen molar-refractivity contribution >= 4 is 35.1 Å². The van der Waals surface area contributed by atoms with Crippen molar-refractivity contribution < 1.29 is 4.79 Å². The Morgan fingerprint density at radius 2 is 2.05 bits per heavy atom. The Bertz CT molecular complexity index is 443. The van der Waals surface area contributed by atoms with Crippen LogP contribution in [0.5, 0.6) is 0 Å². The molecule has 118 valence electrons. The summed E-state index contributed by atoms with van der Waals surface area (Å²) < 4.78 is 0. The molecule has 0 atom stereocenters. The Kier molecular flexibility index (Phi) is 9.26.